The Kier molecular flexibility index (Phi) is 95.0. The van der Waals surface area contributed by atoms with E-state index in [9.17, 15) is 18.0 Å². The zero-order valence-corrected chi connectivity index (χ0v) is 32.4. The lowest BCUT2D eigenvalue weighted by atomic mass is 10.2. The molecule has 0 aromatic heterocycles. The molecular formula is C32H80N4O5S. The third-order valence-electron chi connectivity index (χ3n) is 3.34. The van der Waals surface area contributed by atoms with Gasteiger partial charge in [-0.15, -0.1) is 0 Å². The Labute approximate surface area is 265 Å². The molecule has 0 rings (SSSR count). The monoisotopic (exact) mass is 633 g/mol. The number of aliphatic imine (C=N–C) groups is 1. The number of aliphatic hydroxyl groups excluding tert-OH is 1. The van der Waals surface area contributed by atoms with Gasteiger partial charge in [0.15, 0.2) is 0 Å². The summed E-state index contributed by atoms with van der Waals surface area (Å²) in [5.74, 6) is 2.47. The Balaban J connectivity index is -0.0000000422. The SMILES string of the molecule is CCC.CCC.CCC(C)C.CCC(C)C.CCC(N)=O.CCN=C(C)N.CCNC(C)=O.CCO.CCS(C)(=O)=O. The molecule has 42 heavy (non-hydrogen) atoms. The van der Waals surface area contributed by atoms with Crippen LogP contribution in [0, 0.1) is 11.8 Å². The molecule has 9 nitrogen and oxygen atoms in total. The van der Waals surface area contributed by atoms with Gasteiger partial charge in [0.25, 0.3) is 0 Å². The van der Waals surface area contributed by atoms with Crippen molar-refractivity contribution in [2.45, 2.75) is 150 Å². The van der Waals surface area contributed by atoms with E-state index in [2.05, 4.69) is 85.3 Å². The Hall–Kier alpha value is -1.68. The number of amidine groups is 1. The van der Waals surface area contributed by atoms with Crippen molar-refractivity contribution < 1.29 is 23.1 Å². The molecule has 0 radical (unpaired) electrons. The number of primary amides is 1. The van der Waals surface area contributed by atoms with Gasteiger partial charge in [-0.25, -0.2) is 8.42 Å². The fraction of sp³-hybridized carbons (Fsp3) is 0.906. The molecule has 10 heteroatoms. The first-order valence-corrected chi connectivity index (χ1v) is 17.8. The molecule has 0 saturated carbocycles. The van der Waals surface area contributed by atoms with Crippen LogP contribution in [-0.2, 0) is 19.4 Å². The highest BCUT2D eigenvalue weighted by Crippen LogP contribution is 1.94. The van der Waals surface area contributed by atoms with Gasteiger partial charge in [0.1, 0.15) is 9.84 Å². The normalized spacial score (nSPS) is 8.93. The molecule has 0 aliphatic carbocycles. The number of rotatable bonds is 6. The van der Waals surface area contributed by atoms with Crippen LogP contribution in [0.15, 0.2) is 4.99 Å². The third-order valence-corrected chi connectivity index (χ3v) is 4.39. The highest BCUT2D eigenvalue weighted by Gasteiger charge is 1.90. The van der Waals surface area contributed by atoms with E-state index in [4.69, 9.17) is 10.8 Å². The average molecular weight is 633 g/mol. The molecule has 6 N–H and O–H groups in total. The Morgan fingerprint density at radius 3 is 0.976 bits per heavy atom. The van der Waals surface area contributed by atoms with E-state index in [-0.39, 0.29) is 24.2 Å². The van der Waals surface area contributed by atoms with E-state index >= 15 is 0 Å². The van der Waals surface area contributed by atoms with Crippen molar-refractivity contribution in [3.63, 3.8) is 0 Å². The van der Waals surface area contributed by atoms with Crippen LogP contribution in [0.25, 0.3) is 0 Å². The van der Waals surface area contributed by atoms with E-state index in [1.165, 1.54) is 38.9 Å². The lowest BCUT2D eigenvalue weighted by molar-refractivity contribution is -0.119. The van der Waals surface area contributed by atoms with E-state index < -0.39 is 9.84 Å². The Morgan fingerprint density at radius 2 is 0.976 bits per heavy atom. The molecule has 0 spiro atoms. The Morgan fingerprint density at radius 1 is 0.762 bits per heavy atom. The Bertz CT molecular complexity index is 565. The number of hydrogen-bond donors (Lipinski definition) is 4. The van der Waals surface area contributed by atoms with Crippen LogP contribution in [0.1, 0.15) is 150 Å². The molecule has 0 heterocycles. The largest absolute Gasteiger partial charge is 0.397 e. The lowest BCUT2D eigenvalue weighted by Gasteiger charge is -1.90. The second-order valence-electron chi connectivity index (χ2n) is 9.57. The molecular weight excluding hydrogens is 552 g/mol. The summed E-state index contributed by atoms with van der Waals surface area (Å²) in [6.45, 7) is 35.7. The summed E-state index contributed by atoms with van der Waals surface area (Å²) in [4.78, 5) is 23.3. The predicted octanol–water partition coefficient (Wildman–Crippen LogP) is 7.39. The molecule has 2 amide bonds. The first-order valence-electron chi connectivity index (χ1n) is 15.7. The molecule has 0 aromatic carbocycles. The van der Waals surface area contributed by atoms with Crippen LogP contribution in [0.4, 0.5) is 0 Å². The van der Waals surface area contributed by atoms with Crippen LogP contribution < -0.4 is 16.8 Å². The molecule has 0 aromatic rings. The first kappa shape index (κ1) is 63.5. The quantitative estimate of drug-likeness (QED) is 0.176. The van der Waals surface area contributed by atoms with E-state index in [1.54, 1.807) is 27.7 Å². The zero-order valence-electron chi connectivity index (χ0n) is 31.6. The number of carbonyl (C=O) groups excluding carboxylic acids is 2. The molecule has 0 aliphatic rings. The molecule has 0 bridgehead atoms. The minimum absolute atomic E-state index is 0.0394. The van der Waals surface area contributed by atoms with Gasteiger partial charge < -0.3 is 21.9 Å². The number of nitrogens with one attached hydrogen (secondary N) is 1. The second-order valence-corrected chi connectivity index (χ2v) is 12.0. The molecule has 264 valence electrons. The summed E-state index contributed by atoms with van der Waals surface area (Å²) in [5, 5.41) is 10.1. The number of nitrogens with two attached hydrogens (primary N) is 2. The van der Waals surface area contributed by atoms with Gasteiger partial charge in [-0.1, -0.05) is 109 Å². The molecule has 0 fully saturated rings. The van der Waals surface area contributed by atoms with E-state index in [1.807, 2.05) is 13.8 Å². The second kappa shape index (κ2) is 62.8. The van der Waals surface area contributed by atoms with Gasteiger partial charge in [-0.3, -0.25) is 14.6 Å². The smallest absolute Gasteiger partial charge is 0.217 e. The van der Waals surface area contributed by atoms with Crippen molar-refractivity contribution in [3.8, 4) is 0 Å². The van der Waals surface area contributed by atoms with Crippen molar-refractivity contribution in [2.75, 3.05) is 31.7 Å². The summed E-state index contributed by atoms with van der Waals surface area (Å²) in [6.07, 6.45) is 6.77. The van der Waals surface area contributed by atoms with Gasteiger partial charge in [0.05, 0.1) is 5.84 Å². The summed E-state index contributed by atoms with van der Waals surface area (Å²) < 4.78 is 20.0. The van der Waals surface area contributed by atoms with Crippen molar-refractivity contribution in [2.24, 2.45) is 28.3 Å². The van der Waals surface area contributed by atoms with Crippen LogP contribution in [0.5, 0.6) is 0 Å². The van der Waals surface area contributed by atoms with Crippen LogP contribution >= 0.6 is 0 Å². The number of hydrogen-bond acceptors (Lipinski definition) is 6. The lowest BCUT2D eigenvalue weighted by Crippen LogP contribution is -2.18. The maximum Gasteiger partial charge on any atom is 0.217 e. The molecule has 0 saturated heterocycles. The van der Waals surface area contributed by atoms with Crippen LogP contribution in [0.3, 0.4) is 0 Å². The van der Waals surface area contributed by atoms with E-state index in [0.717, 1.165) is 24.9 Å². The van der Waals surface area contributed by atoms with Gasteiger partial charge >= 0.3 is 0 Å². The van der Waals surface area contributed by atoms with Crippen molar-refractivity contribution >= 4 is 27.5 Å². The summed E-state index contributed by atoms with van der Waals surface area (Å²) in [5.41, 5.74) is 9.81. The number of carbonyl (C=O) groups is 2. The third kappa shape index (κ3) is 301. The summed E-state index contributed by atoms with van der Waals surface area (Å²) in [6, 6.07) is 0. The van der Waals surface area contributed by atoms with Crippen LogP contribution in [-0.4, -0.2) is 62.9 Å². The van der Waals surface area contributed by atoms with Crippen molar-refractivity contribution in [1.82, 2.24) is 5.32 Å². The van der Waals surface area contributed by atoms with Crippen LogP contribution in [0.2, 0.25) is 0 Å². The van der Waals surface area contributed by atoms with Gasteiger partial charge in [-0.2, -0.15) is 0 Å². The van der Waals surface area contributed by atoms with Gasteiger partial charge in [0.2, 0.25) is 11.8 Å². The first-order chi connectivity index (χ1) is 19.2. The number of amides is 2. The number of nitrogens with zero attached hydrogens (tertiary/aromatic N) is 1. The maximum absolute atomic E-state index is 10.0. The summed E-state index contributed by atoms with van der Waals surface area (Å²) in [7, 11) is -2.66. The summed E-state index contributed by atoms with van der Waals surface area (Å²) >= 11 is 0. The number of aliphatic hydroxyl groups is 1. The van der Waals surface area contributed by atoms with Crippen molar-refractivity contribution in [3.05, 3.63) is 0 Å². The zero-order chi connectivity index (χ0) is 36.2. The van der Waals surface area contributed by atoms with Gasteiger partial charge in [0, 0.05) is 45.0 Å². The fourth-order valence-electron chi connectivity index (χ4n) is 0.498. The standard InChI is InChI=1S/2C5H12.C4H10N2.C4H9NO.C3H7NO.C3H8O2S.2C3H8.C2H6O/c2*1-4-5(2)3;1-3-6-4(2)5;1-3-5-4(2)6;1-2-3(4)5;1-3-6(2,4)5;2*1-3-2;1-2-3/h2*5H,4H2,1-3H3;3H2,1-2H3,(H2,5,6);3H2,1-2H3,(H,5,6);2H2,1H3,(H2,4,5);3H2,1-2H3;2*3H2,1-2H3;3H,2H2,1H3. The maximum atomic E-state index is 10.0. The van der Waals surface area contributed by atoms with Crippen molar-refractivity contribution in [1.29, 1.82) is 0 Å². The minimum Gasteiger partial charge on any atom is -0.397 e. The minimum atomic E-state index is -2.66. The molecule has 0 atom stereocenters. The molecule has 0 aliphatic heterocycles. The molecule has 0 unspecified atom stereocenters. The van der Waals surface area contributed by atoms with Gasteiger partial charge in [-0.05, 0) is 39.5 Å². The number of sulfone groups is 1. The highest BCUT2D eigenvalue weighted by atomic mass is 32.2. The van der Waals surface area contributed by atoms with E-state index in [0.29, 0.717) is 12.3 Å². The highest BCUT2D eigenvalue weighted by molar-refractivity contribution is 7.90. The average Bonchev–Trinajstić information content (AvgIpc) is 2.86. The fourth-order valence-corrected chi connectivity index (χ4v) is 0.498. The predicted molar refractivity (Wildman–Crippen MR) is 192 cm³/mol. The topological polar surface area (TPSA) is 165 Å².